The zero-order valence-corrected chi connectivity index (χ0v) is 17.9. The highest BCUT2D eigenvalue weighted by atomic mass is 16.2. The van der Waals surface area contributed by atoms with Crippen LogP contribution in [-0.2, 0) is 18.3 Å². The van der Waals surface area contributed by atoms with Crippen LogP contribution < -0.4 is 10.2 Å². The molecule has 0 bridgehead atoms. The highest BCUT2D eigenvalue weighted by molar-refractivity contribution is 5.86. The smallest absolute Gasteiger partial charge is 0.234 e. The van der Waals surface area contributed by atoms with Gasteiger partial charge < -0.3 is 10.2 Å². The molecule has 0 saturated carbocycles. The Bertz CT molecular complexity index is 1010. The first-order valence-corrected chi connectivity index (χ1v) is 10.5. The van der Waals surface area contributed by atoms with Crippen molar-refractivity contribution in [1.29, 1.82) is 0 Å². The van der Waals surface area contributed by atoms with Gasteiger partial charge in [0.15, 0.2) is 5.65 Å². The Labute approximate surface area is 176 Å². The third kappa shape index (κ3) is 4.28. The Morgan fingerprint density at radius 3 is 2.57 bits per heavy atom. The van der Waals surface area contributed by atoms with E-state index in [0.717, 1.165) is 55.0 Å². The monoisotopic (exact) mass is 407 g/mol. The molecule has 8 heteroatoms. The lowest BCUT2D eigenvalue weighted by molar-refractivity contribution is -0.123. The number of hydrogen-bond donors (Lipinski definition) is 1. The van der Waals surface area contributed by atoms with Crippen molar-refractivity contribution in [3.8, 4) is 0 Å². The zero-order valence-electron chi connectivity index (χ0n) is 17.9. The molecular weight excluding hydrogens is 378 g/mol. The Morgan fingerprint density at radius 1 is 1.13 bits per heavy atom. The second kappa shape index (κ2) is 8.79. The first kappa shape index (κ1) is 20.3. The first-order valence-electron chi connectivity index (χ1n) is 10.5. The summed E-state index contributed by atoms with van der Waals surface area (Å²) in [6.07, 6.45) is 4.43. The Hall–Kier alpha value is -3.00. The second-order valence-corrected chi connectivity index (χ2v) is 7.85. The van der Waals surface area contributed by atoms with E-state index in [4.69, 9.17) is 0 Å². The number of nitrogens with zero attached hydrogens (tertiary/aromatic N) is 6. The Balaban J connectivity index is 1.30. The molecule has 1 saturated heterocycles. The van der Waals surface area contributed by atoms with Crippen molar-refractivity contribution in [3.05, 3.63) is 47.9 Å². The van der Waals surface area contributed by atoms with Gasteiger partial charge in [0.2, 0.25) is 5.91 Å². The van der Waals surface area contributed by atoms with Gasteiger partial charge >= 0.3 is 0 Å². The van der Waals surface area contributed by atoms with Gasteiger partial charge in [-0.2, -0.15) is 5.10 Å². The summed E-state index contributed by atoms with van der Waals surface area (Å²) < 4.78 is 1.76. The third-order valence-corrected chi connectivity index (χ3v) is 5.81. The van der Waals surface area contributed by atoms with Gasteiger partial charge in [-0.15, -0.1) is 0 Å². The molecule has 0 radical (unpaired) electrons. The minimum absolute atomic E-state index is 0.00424. The van der Waals surface area contributed by atoms with Crippen LogP contribution in [-0.4, -0.2) is 63.3 Å². The Kier molecular flexibility index (Phi) is 5.94. The number of nitrogens with one attached hydrogen (secondary N) is 1. The molecular formula is C22H29N7O. The minimum atomic E-state index is 0.00424. The summed E-state index contributed by atoms with van der Waals surface area (Å²) in [6.45, 7) is 7.87. The van der Waals surface area contributed by atoms with Gasteiger partial charge in [0.1, 0.15) is 12.1 Å². The molecule has 3 aromatic rings. The number of carbonyl (C=O) groups excluding carboxylic acids is 1. The summed E-state index contributed by atoms with van der Waals surface area (Å²) in [5, 5.41) is 8.38. The molecule has 8 nitrogen and oxygen atoms in total. The SMILES string of the molecule is CCc1ccc(C(C)NC(=O)CN2CCN(c3ncnc4c3cnn4C)CC2)cc1. The van der Waals surface area contributed by atoms with Crippen molar-refractivity contribution >= 4 is 22.8 Å². The molecule has 1 unspecified atom stereocenters. The molecule has 0 spiro atoms. The number of carbonyl (C=O) groups is 1. The van der Waals surface area contributed by atoms with Gasteiger partial charge in [-0.3, -0.25) is 14.4 Å². The van der Waals surface area contributed by atoms with Crippen LogP contribution >= 0.6 is 0 Å². The lowest BCUT2D eigenvalue weighted by atomic mass is 10.1. The topological polar surface area (TPSA) is 79.2 Å². The van der Waals surface area contributed by atoms with Crippen molar-refractivity contribution < 1.29 is 4.79 Å². The first-order chi connectivity index (χ1) is 14.5. The largest absolute Gasteiger partial charge is 0.353 e. The molecule has 30 heavy (non-hydrogen) atoms. The lowest BCUT2D eigenvalue weighted by Gasteiger charge is -2.35. The average molecular weight is 408 g/mol. The van der Waals surface area contributed by atoms with E-state index in [0.29, 0.717) is 6.54 Å². The third-order valence-electron chi connectivity index (χ3n) is 5.81. The maximum absolute atomic E-state index is 12.5. The summed E-state index contributed by atoms with van der Waals surface area (Å²) in [5.41, 5.74) is 3.28. The molecule has 1 fully saturated rings. The van der Waals surface area contributed by atoms with Crippen molar-refractivity contribution in [3.63, 3.8) is 0 Å². The van der Waals surface area contributed by atoms with Crippen molar-refractivity contribution in [1.82, 2.24) is 30.0 Å². The van der Waals surface area contributed by atoms with E-state index in [1.165, 1.54) is 5.56 Å². The maximum atomic E-state index is 12.5. The number of piperazine rings is 1. The number of amides is 1. The second-order valence-electron chi connectivity index (χ2n) is 7.85. The van der Waals surface area contributed by atoms with Crippen LogP contribution in [0.5, 0.6) is 0 Å². The predicted octanol–water partition coefficient (Wildman–Crippen LogP) is 1.93. The van der Waals surface area contributed by atoms with Crippen LogP contribution in [0.3, 0.4) is 0 Å². The number of fused-ring (bicyclic) bond motifs is 1. The molecule has 158 valence electrons. The van der Waals surface area contributed by atoms with Crippen LogP contribution in [0.15, 0.2) is 36.8 Å². The minimum Gasteiger partial charge on any atom is -0.353 e. The van der Waals surface area contributed by atoms with E-state index in [2.05, 4.69) is 61.4 Å². The van der Waals surface area contributed by atoms with Crippen LogP contribution in [0.1, 0.15) is 31.0 Å². The van der Waals surface area contributed by atoms with Crippen LogP contribution in [0, 0.1) is 0 Å². The van der Waals surface area contributed by atoms with E-state index >= 15 is 0 Å². The van der Waals surface area contributed by atoms with Crippen molar-refractivity contribution in [2.75, 3.05) is 37.6 Å². The highest BCUT2D eigenvalue weighted by Crippen LogP contribution is 2.23. The lowest BCUT2D eigenvalue weighted by Crippen LogP contribution is -2.50. The molecule has 1 aliphatic heterocycles. The molecule has 0 aliphatic carbocycles. The molecule has 1 aliphatic rings. The van der Waals surface area contributed by atoms with Crippen LogP contribution in [0.2, 0.25) is 0 Å². The van der Waals surface area contributed by atoms with Gasteiger partial charge in [-0.25, -0.2) is 9.97 Å². The van der Waals surface area contributed by atoms with Gasteiger partial charge in [-0.05, 0) is 24.5 Å². The molecule has 4 rings (SSSR count). The van der Waals surface area contributed by atoms with Gasteiger partial charge in [0, 0.05) is 33.2 Å². The van der Waals surface area contributed by atoms with E-state index in [1.54, 1.807) is 11.0 Å². The summed E-state index contributed by atoms with van der Waals surface area (Å²) in [7, 11) is 1.88. The standard InChI is InChI=1S/C22H29N7O/c1-4-17-5-7-18(8-6-17)16(2)26-20(30)14-28-9-11-29(12-10-28)22-19-13-25-27(3)21(19)23-15-24-22/h5-8,13,15-16H,4,9-12,14H2,1-3H3,(H,26,30). The van der Waals surface area contributed by atoms with Gasteiger partial charge in [0.25, 0.3) is 0 Å². The fraction of sp³-hybridized carbons (Fsp3) is 0.455. The number of hydrogen-bond acceptors (Lipinski definition) is 6. The van der Waals surface area contributed by atoms with E-state index in [9.17, 15) is 4.79 Å². The summed E-state index contributed by atoms with van der Waals surface area (Å²) in [5.74, 6) is 0.980. The summed E-state index contributed by atoms with van der Waals surface area (Å²) in [4.78, 5) is 25.8. The molecule has 1 atom stereocenters. The molecule has 1 amide bonds. The number of aryl methyl sites for hydroxylation is 2. The van der Waals surface area contributed by atoms with Crippen LogP contribution in [0.4, 0.5) is 5.82 Å². The molecule has 2 aromatic heterocycles. The van der Waals surface area contributed by atoms with Crippen molar-refractivity contribution in [2.45, 2.75) is 26.3 Å². The van der Waals surface area contributed by atoms with Gasteiger partial charge in [-0.1, -0.05) is 31.2 Å². The van der Waals surface area contributed by atoms with Crippen molar-refractivity contribution in [2.24, 2.45) is 7.05 Å². The fourth-order valence-electron chi connectivity index (χ4n) is 3.94. The highest BCUT2D eigenvalue weighted by Gasteiger charge is 2.22. The van der Waals surface area contributed by atoms with Crippen LogP contribution in [0.25, 0.3) is 11.0 Å². The maximum Gasteiger partial charge on any atom is 0.234 e. The summed E-state index contributed by atoms with van der Waals surface area (Å²) >= 11 is 0. The fourth-order valence-corrected chi connectivity index (χ4v) is 3.94. The average Bonchev–Trinajstić information content (AvgIpc) is 3.15. The van der Waals surface area contributed by atoms with E-state index in [1.807, 2.05) is 20.2 Å². The number of aromatic nitrogens is 4. The molecule has 1 N–H and O–H groups in total. The number of rotatable bonds is 6. The normalized spacial score (nSPS) is 16.0. The predicted molar refractivity (Wildman–Crippen MR) is 117 cm³/mol. The van der Waals surface area contributed by atoms with E-state index < -0.39 is 0 Å². The molecule has 3 heterocycles. The Morgan fingerprint density at radius 2 is 1.87 bits per heavy atom. The van der Waals surface area contributed by atoms with E-state index in [-0.39, 0.29) is 11.9 Å². The van der Waals surface area contributed by atoms with Gasteiger partial charge in [0.05, 0.1) is 24.2 Å². The summed E-state index contributed by atoms with van der Waals surface area (Å²) in [6, 6.07) is 8.46. The molecule has 1 aromatic carbocycles. The number of anilines is 1. The quantitative estimate of drug-likeness (QED) is 0.673. The number of benzene rings is 1. The zero-order chi connectivity index (χ0) is 21.1.